The third-order valence-corrected chi connectivity index (χ3v) is 4.97. The van der Waals surface area contributed by atoms with Crippen molar-refractivity contribution in [1.82, 2.24) is 15.5 Å². The summed E-state index contributed by atoms with van der Waals surface area (Å²) in [5, 5.41) is 7.70. The van der Waals surface area contributed by atoms with Crippen LogP contribution in [0.3, 0.4) is 0 Å². The quantitative estimate of drug-likeness (QED) is 0.601. The van der Waals surface area contributed by atoms with Crippen molar-refractivity contribution in [3.8, 4) is 0 Å². The molecule has 0 radical (unpaired) electrons. The molecule has 1 aromatic heterocycles. The van der Waals surface area contributed by atoms with Crippen LogP contribution in [-0.4, -0.2) is 43.6 Å². The van der Waals surface area contributed by atoms with Gasteiger partial charge in [-0.3, -0.25) is 9.89 Å². The van der Waals surface area contributed by atoms with Crippen LogP contribution in [0.5, 0.6) is 0 Å². The van der Waals surface area contributed by atoms with Crippen LogP contribution in [0, 0.1) is 0 Å². The van der Waals surface area contributed by atoms with Gasteiger partial charge in [0.2, 0.25) is 0 Å². The number of benzene rings is 1. The molecule has 0 bridgehead atoms. The normalized spacial score (nSPS) is 16.6. The Bertz CT molecular complexity index is 676. The molecule has 3 rings (SSSR count). The lowest BCUT2D eigenvalue weighted by Crippen LogP contribution is -2.48. The summed E-state index contributed by atoms with van der Waals surface area (Å²) in [7, 11) is 1.82. The molecule has 0 unspecified atom stereocenters. The van der Waals surface area contributed by atoms with E-state index in [0.717, 1.165) is 62.2 Å². The fourth-order valence-corrected chi connectivity index (χ4v) is 3.36. The molecule has 0 saturated carbocycles. The summed E-state index contributed by atoms with van der Waals surface area (Å²) in [5.74, 6) is 1.86. The van der Waals surface area contributed by atoms with E-state index in [1.54, 1.807) is 6.26 Å². The van der Waals surface area contributed by atoms with E-state index in [1.165, 1.54) is 5.56 Å². The van der Waals surface area contributed by atoms with Crippen molar-refractivity contribution in [1.29, 1.82) is 0 Å². The fraction of sp³-hybridized carbons (Fsp3) is 0.450. The summed E-state index contributed by atoms with van der Waals surface area (Å²) >= 11 is 5.96. The van der Waals surface area contributed by atoms with E-state index in [4.69, 9.17) is 16.0 Å². The second-order valence-corrected chi connectivity index (χ2v) is 7.09. The minimum atomic E-state index is 0.464. The zero-order chi connectivity index (χ0) is 18.2. The molecule has 140 valence electrons. The molecule has 2 aromatic rings. The third kappa shape index (κ3) is 5.78. The number of hydrogen-bond donors (Lipinski definition) is 2. The SMILES string of the molecule is CN=C(NCCc1ccco1)NC1CCN(Cc2ccc(Cl)cc2)CC1. The largest absolute Gasteiger partial charge is 0.469 e. The summed E-state index contributed by atoms with van der Waals surface area (Å²) in [5.41, 5.74) is 1.32. The zero-order valence-corrected chi connectivity index (χ0v) is 16.0. The van der Waals surface area contributed by atoms with E-state index >= 15 is 0 Å². The molecule has 1 fully saturated rings. The number of nitrogens with one attached hydrogen (secondary N) is 2. The van der Waals surface area contributed by atoms with Crippen LogP contribution in [0.4, 0.5) is 0 Å². The molecule has 1 aliphatic rings. The predicted octanol–water partition coefficient (Wildman–Crippen LogP) is 3.31. The molecule has 0 spiro atoms. The third-order valence-electron chi connectivity index (χ3n) is 4.72. The van der Waals surface area contributed by atoms with E-state index in [1.807, 2.05) is 31.3 Å². The summed E-state index contributed by atoms with van der Waals surface area (Å²) in [6.45, 7) is 3.97. The first kappa shape index (κ1) is 18.8. The van der Waals surface area contributed by atoms with Crippen LogP contribution in [0.15, 0.2) is 52.1 Å². The molecule has 1 aromatic carbocycles. The highest BCUT2D eigenvalue weighted by molar-refractivity contribution is 6.30. The van der Waals surface area contributed by atoms with Gasteiger partial charge in [-0.15, -0.1) is 0 Å². The maximum absolute atomic E-state index is 5.96. The second-order valence-electron chi connectivity index (χ2n) is 6.65. The first-order valence-electron chi connectivity index (χ1n) is 9.19. The van der Waals surface area contributed by atoms with Crippen molar-refractivity contribution in [3.05, 3.63) is 59.0 Å². The summed E-state index contributed by atoms with van der Waals surface area (Å²) in [6.07, 6.45) is 4.80. The molecule has 5 nitrogen and oxygen atoms in total. The Kier molecular flexibility index (Phi) is 6.97. The Balaban J connectivity index is 1.37. The van der Waals surface area contributed by atoms with Crippen LogP contribution in [0.25, 0.3) is 0 Å². The molecule has 0 aliphatic carbocycles. The predicted molar refractivity (Wildman–Crippen MR) is 107 cm³/mol. The van der Waals surface area contributed by atoms with Gasteiger partial charge >= 0.3 is 0 Å². The number of guanidine groups is 1. The first-order valence-corrected chi connectivity index (χ1v) is 9.57. The summed E-state index contributed by atoms with van der Waals surface area (Å²) in [6, 6.07) is 12.5. The Morgan fingerprint density at radius 2 is 2.00 bits per heavy atom. The van der Waals surface area contributed by atoms with Crippen molar-refractivity contribution in [2.45, 2.75) is 31.8 Å². The van der Waals surface area contributed by atoms with E-state index in [9.17, 15) is 0 Å². The van der Waals surface area contributed by atoms with Gasteiger partial charge in [0.1, 0.15) is 5.76 Å². The lowest BCUT2D eigenvalue weighted by atomic mass is 10.0. The van der Waals surface area contributed by atoms with Gasteiger partial charge in [0.15, 0.2) is 5.96 Å². The Labute approximate surface area is 160 Å². The minimum Gasteiger partial charge on any atom is -0.469 e. The van der Waals surface area contributed by atoms with E-state index < -0.39 is 0 Å². The van der Waals surface area contributed by atoms with Crippen molar-refractivity contribution < 1.29 is 4.42 Å². The number of furan rings is 1. The van der Waals surface area contributed by atoms with Crippen LogP contribution >= 0.6 is 11.6 Å². The zero-order valence-electron chi connectivity index (χ0n) is 15.2. The molecular formula is C20H27ClN4O. The van der Waals surface area contributed by atoms with Crippen molar-refractivity contribution in [2.24, 2.45) is 4.99 Å². The Morgan fingerprint density at radius 3 is 2.65 bits per heavy atom. The highest BCUT2D eigenvalue weighted by Crippen LogP contribution is 2.16. The number of halogens is 1. The van der Waals surface area contributed by atoms with Gasteiger partial charge in [-0.1, -0.05) is 23.7 Å². The van der Waals surface area contributed by atoms with Crippen LogP contribution < -0.4 is 10.6 Å². The lowest BCUT2D eigenvalue weighted by molar-refractivity contribution is 0.198. The van der Waals surface area contributed by atoms with Gasteiger partial charge in [0.05, 0.1) is 6.26 Å². The number of aliphatic imine (C=N–C) groups is 1. The molecule has 2 N–H and O–H groups in total. The molecule has 6 heteroatoms. The van der Waals surface area contributed by atoms with Gasteiger partial charge in [0, 0.05) is 50.7 Å². The molecule has 1 saturated heterocycles. The van der Waals surface area contributed by atoms with E-state index in [0.29, 0.717) is 6.04 Å². The summed E-state index contributed by atoms with van der Waals surface area (Å²) < 4.78 is 5.35. The van der Waals surface area contributed by atoms with E-state index in [-0.39, 0.29) is 0 Å². The molecule has 1 aliphatic heterocycles. The van der Waals surface area contributed by atoms with Gasteiger partial charge in [-0.2, -0.15) is 0 Å². The van der Waals surface area contributed by atoms with Gasteiger partial charge < -0.3 is 15.1 Å². The first-order chi connectivity index (χ1) is 12.7. The summed E-state index contributed by atoms with van der Waals surface area (Å²) in [4.78, 5) is 6.83. The minimum absolute atomic E-state index is 0.464. The number of piperidine rings is 1. The lowest BCUT2D eigenvalue weighted by Gasteiger charge is -2.33. The second kappa shape index (κ2) is 9.64. The Hall–Kier alpha value is -1.98. The highest BCUT2D eigenvalue weighted by Gasteiger charge is 2.20. The van der Waals surface area contributed by atoms with Gasteiger partial charge in [-0.05, 0) is 42.7 Å². The number of rotatable bonds is 6. The molecule has 0 amide bonds. The number of likely N-dealkylation sites (tertiary alicyclic amines) is 1. The van der Waals surface area contributed by atoms with Crippen molar-refractivity contribution in [3.63, 3.8) is 0 Å². The number of nitrogens with zero attached hydrogens (tertiary/aromatic N) is 2. The molecule has 0 atom stereocenters. The molecule has 2 heterocycles. The standard InChI is InChI=1S/C20H27ClN4O/c1-22-20(23-11-8-19-3-2-14-26-19)24-18-9-12-25(13-10-18)15-16-4-6-17(21)7-5-16/h2-7,14,18H,8-13,15H2,1H3,(H2,22,23,24). The van der Waals surface area contributed by atoms with Crippen LogP contribution in [-0.2, 0) is 13.0 Å². The monoisotopic (exact) mass is 374 g/mol. The highest BCUT2D eigenvalue weighted by atomic mass is 35.5. The average Bonchev–Trinajstić information content (AvgIpc) is 3.18. The van der Waals surface area contributed by atoms with Crippen molar-refractivity contribution >= 4 is 17.6 Å². The Morgan fingerprint density at radius 1 is 1.23 bits per heavy atom. The maximum Gasteiger partial charge on any atom is 0.191 e. The van der Waals surface area contributed by atoms with Crippen molar-refractivity contribution in [2.75, 3.05) is 26.7 Å². The smallest absolute Gasteiger partial charge is 0.191 e. The fourth-order valence-electron chi connectivity index (χ4n) is 3.23. The van der Waals surface area contributed by atoms with Gasteiger partial charge in [0.25, 0.3) is 0 Å². The average molecular weight is 375 g/mol. The molecule has 26 heavy (non-hydrogen) atoms. The topological polar surface area (TPSA) is 52.8 Å². The van der Waals surface area contributed by atoms with Gasteiger partial charge in [-0.25, -0.2) is 0 Å². The van der Waals surface area contributed by atoms with Crippen LogP contribution in [0.2, 0.25) is 5.02 Å². The number of hydrogen-bond acceptors (Lipinski definition) is 3. The van der Waals surface area contributed by atoms with E-state index in [2.05, 4.69) is 32.7 Å². The molecular weight excluding hydrogens is 348 g/mol. The maximum atomic E-state index is 5.96. The van der Waals surface area contributed by atoms with Crippen LogP contribution in [0.1, 0.15) is 24.2 Å².